The number of hydrogen-bond acceptors (Lipinski definition) is 8. The summed E-state index contributed by atoms with van der Waals surface area (Å²) in [7, 11) is 0. The van der Waals surface area contributed by atoms with E-state index in [0.29, 0.717) is 61.1 Å². The number of unbranched alkanes of at least 4 members (excludes halogenated alkanes) is 1. The fraction of sp³-hybridized carbons (Fsp3) is 0.586. The molecule has 0 aliphatic carbocycles. The molecular formula is C29H43N5O8. The molecule has 2 amide bonds. The molecule has 1 saturated heterocycles. The van der Waals surface area contributed by atoms with Gasteiger partial charge in [0, 0.05) is 30.0 Å². The lowest BCUT2D eigenvalue weighted by molar-refractivity contribution is -0.149. The minimum absolute atomic E-state index is 0.0193. The van der Waals surface area contributed by atoms with Crippen molar-refractivity contribution in [1.82, 2.24) is 20.5 Å². The fourth-order valence-corrected chi connectivity index (χ4v) is 5.06. The number of ether oxygens (including phenoxy) is 1. The maximum atomic E-state index is 12.8. The number of carbonyl (C=O) groups excluding carboxylic acids is 2. The first-order valence-electron chi connectivity index (χ1n) is 14.4. The highest BCUT2D eigenvalue weighted by molar-refractivity contribution is 5.99. The molecule has 2 heterocycles. The molecule has 42 heavy (non-hydrogen) atoms. The zero-order valence-electron chi connectivity index (χ0n) is 24.3. The summed E-state index contributed by atoms with van der Waals surface area (Å²) in [6.45, 7) is 6.04. The van der Waals surface area contributed by atoms with Gasteiger partial charge in [-0.15, -0.1) is 0 Å². The van der Waals surface area contributed by atoms with Gasteiger partial charge in [0.1, 0.15) is 36.2 Å². The van der Waals surface area contributed by atoms with Gasteiger partial charge < -0.3 is 41.0 Å². The maximum absolute atomic E-state index is 12.8. The third-order valence-corrected chi connectivity index (χ3v) is 7.64. The maximum Gasteiger partial charge on any atom is 0.326 e. The van der Waals surface area contributed by atoms with Gasteiger partial charge >= 0.3 is 11.9 Å². The number of H-pyrrole nitrogens is 1. The molecule has 0 bridgehead atoms. The van der Waals surface area contributed by atoms with Crippen molar-refractivity contribution in [2.75, 3.05) is 19.7 Å². The molecular weight excluding hydrogens is 546 g/mol. The molecule has 0 radical (unpaired) electrons. The Labute approximate surface area is 244 Å². The Morgan fingerprint density at radius 1 is 1.17 bits per heavy atom. The van der Waals surface area contributed by atoms with Gasteiger partial charge in [0.25, 0.3) is 5.91 Å². The number of aromatic nitrogens is 1. The van der Waals surface area contributed by atoms with Crippen LogP contribution in [0.2, 0.25) is 0 Å². The van der Waals surface area contributed by atoms with Gasteiger partial charge in [-0.05, 0) is 63.1 Å². The summed E-state index contributed by atoms with van der Waals surface area (Å²) >= 11 is 0. The third kappa shape index (κ3) is 8.43. The molecule has 0 saturated carbocycles. The second kappa shape index (κ2) is 15.0. The lowest BCUT2D eigenvalue weighted by Gasteiger charge is -2.27. The van der Waals surface area contributed by atoms with Gasteiger partial charge in [-0.1, -0.05) is 19.9 Å². The average Bonchev–Trinajstić information content (AvgIpc) is 3.62. The monoisotopic (exact) mass is 589 g/mol. The number of nitrogens with zero attached hydrogens (tertiary/aromatic N) is 1. The van der Waals surface area contributed by atoms with E-state index >= 15 is 0 Å². The third-order valence-electron chi connectivity index (χ3n) is 7.64. The van der Waals surface area contributed by atoms with Crippen molar-refractivity contribution in [2.45, 2.75) is 83.1 Å². The minimum Gasteiger partial charge on any atom is -0.490 e. The number of carbonyl (C=O) groups is 4. The number of hydrogen-bond donors (Lipinski definition) is 7. The molecule has 5 atom stereocenters. The van der Waals surface area contributed by atoms with E-state index in [2.05, 4.69) is 15.6 Å². The molecule has 1 aliphatic heterocycles. The van der Waals surface area contributed by atoms with Crippen LogP contribution in [0.4, 0.5) is 0 Å². The van der Waals surface area contributed by atoms with Gasteiger partial charge in [-0.25, -0.2) is 4.79 Å². The SMILES string of the molecule is CC(C)C(N)[C@H](O)COc1cccc2[nH]c(C(=O)NCCCC[C@H](N[C@@H](C)C(=O)N3CCC[C@H]3C(=O)O)C(=O)O)cc12. The van der Waals surface area contributed by atoms with E-state index in [1.807, 2.05) is 19.9 Å². The van der Waals surface area contributed by atoms with E-state index in [1.165, 1.54) is 11.8 Å². The van der Waals surface area contributed by atoms with Crippen LogP contribution in [0.3, 0.4) is 0 Å². The molecule has 1 aliphatic rings. The van der Waals surface area contributed by atoms with Crippen LogP contribution in [0.5, 0.6) is 5.75 Å². The van der Waals surface area contributed by atoms with Gasteiger partial charge in [0.05, 0.1) is 6.04 Å². The number of aliphatic hydroxyl groups excluding tert-OH is 1. The van der Waals surface area contributed by atoms with Crippen LogP contribution in [0.15, 0.2) is 24.3 Å². The van der Waals surface area contributed by atoms with Gasteiger partial charge in [0.15, 0.2) is 0 Å². The van der Waals surface area contributed by atoms with E-state index in [0.717, 1.165) is 0 Å². The number of benzene rings is 1. The molecule has 13 nitrogen and oxygen atoms in total. The molecule has 1 unspecified atom stereocenters. The number of rotatable bonds is 16. The summed E-state index contributed by atoms with van der Waals surface area (Å²) in [5, 5.41) is 35.5. The number of nitrogens with one attached hydrogen (secondary N) is 3. The fourth-order valence-electron chi connectivity index (χ4n) is 5.06. The second-order valence-electron chi connectivity index (χ2n) is 11.2. The van der Waals surface area contributed by atoms with Crippen molar-refractivity contribution in [3.05, 3.63) is 30.0 Å². The zero-order chi connectivity index (χ0) is 31.0. The summed E-state index contributed by atoms with van der Waals surface area (Å²) in [5.74, 6) is -2.32. The Morgan fingerprint density at radius 2 is 1.90 bits per heavy atom. The summed E-state index contributed by atoms with van der Waals surface area (Å²) < 4.78 is 5.80. The molecule has 1 aromatic heterocycles. The topological polar surface area (TPSA) is 207 Å². The smallest absolute Gasteiger partial charge is 0.326 e. The van der Waals surface area contributed by atoms with Crippen LogP contribution >= 0.6 is 0 Å². The van der Waals surface area contributed by atoms with Crippen molar-refractivity contribution in [3.63, 3.8) is 0 Å². The van der Waals surface area contributed by atoms with Gasteiger partial charge in [-0.3, -0.25) is 19.7 Å². The van der Waals surface area contributed by atoms with Crippen molar-refractivity contribution < 1.29 is 39.2 Å². The first kappa shape index (κ1) is 32.8. The Hall–Kier alpha value is -3.68. The molecule has 13 heteroatoms. The number of carboxylic acid groups (broad SMARTS) is 2. The molecule has 1 aromatic carbocycles. The molecule has 2 aromatic rings. The Balaban J connectivity index is 1.47. The van der Waals surface area contributed by atoms with Crippen LogP contribution in [0.1, 0.15) is 63.4 Å². The summed E-state index contributed by atoms with van der Waals surface area (Å²) in [6.07, 6.45) is 1.34. The van der Waals surface area contributed by atoms with E-state index in [9.17, 15) is 34.5 Å². The first-order valence-corrected chi connectivity index (χ1v) is 14.4. The number of fused-ring (bicyclic) bond motifs is 1. The molecule has 3 rings (SSSR count). The number of aliphatic carboxylic acids is 2. The van der Waals surface area contributed by atoms with Crippen molar-refractivity contribution >= 4 is 34.7 Å². The number of likely N-dealkylation sites (tertiary alicyclic amines) is 1. The standard InChI is InChI=1S/C29H43N5O8/c1-16(2)25(30)23(35)15-42-24-11-6-9-19-18(24)14-21(33-19)26(36)31-12-5-4-8-20(28(38)39)32-17(3)27(37)34-13-7-10-22(34)29(40)41/h6,9,11,14,16-17,20,22-23,25,32-33,35H,4-5,7-8,10,12-13,15,30H2,1-3H3,(H,31,36)(H,38,39)(H,40,41)/t17-,20-,22-,23+,25?/m0/s1. The largest absolute Gasteiger partial charge is 0.490 e. The average molecular weight is 590 g/mol. The number of nitrogens with two attached hydrogens (primary N) is 1. The lowest BCUT2D eigenvalue weighted by atomic mass is 10.0. The van der Waals surface area contributed by atoms with Crippen LogP contribution < -0.4 is 21.1 Å². The van der Waals surface area contributed by atoms with Crippen molar-refractivity contribution in [1.29, 1.82) is 0 Å². The summed E-state index contributed by atoms with van der Waals surface area (Å²) in [4.78, 5) is 53.0. The van der Waals surface area contributed by atoms with E-state index in [1.54, 1.807) is 18.2 Å². The van der Waals surface area contributed by atoms with E-state index < -0.39 is 48.1 Å². The predicted octanol–water partition coefficient (Wildman–Crippen LogP) is 1.30. The predicted molar refractivity (Wildman–Crippen MR) is 155 cm³/mol. The molecule has 232 valence electrons. The quantitative estimate of drug-likeness (QED) is 0.140. The van der Waals surface area contributed by atoms with Crippen LogP contribution in [0.25, 0.3) is 10.9 Å². The zero-order valence-corrected chi connectivity index (χ0v) is 24.3. The molecule has 8 N–H and O–H groups in total. The minimum atomic E-state index is -1.11. The Bertz CT molecular complexity index is 1250. The number of aliphatic hydroxyl groups is 1. The van der Waals surface area contributed by atoms with Crippen LogP contribution in [-0.2, 0) is 14.4 Å². The second-order valence-corrected chi connectivity index (χ2v) is 11.2. The normalized spacial score (nSPS) is 18.0. The summed E-state index contributed by atoms with van der Waals surface area (Å²) in [6, 6.07) is 3.86. The molecule has 1 fully saturated rings. The van der Waals surface area contributed by atoms with Crippen molar-refractivity contribution in [2.24, 2.45) is 11.7 Å². The highest BCUT2D eigenvalue weighted by Gasteiger charge is 2.36. The van der Waals surface area contributed by atoms with Crippen LogP contribution in [0, 0.1) is 5.92 Å². The Kier molecular flexibility index (Phi) is 11.7. The highest BCUT2D eigenvalue weighted by atomic mass is 16.5. The number of aromatic amines is 1. The van der Waals surface area contributed by atoms with Gasteiger partial charge in [0.2, 0.25) is 5.91 Å². The van der Waals surface area contributed by atoms with Crippen LogP contribution in [-0.4, -0.2) is 98.9 Å². The molecule has 0 spiro atoms. The van der Waals surface area contributed by atoms with E-state index in [4.69, 9.17) is 10.5 Å². The Morgan fingerprint density at radius 3 is 2.57 bits per heavy atom. The van der Waals surface area contributed by atoms with Gasteiger partial charge in [-0.2, -0.15) is 0 Å². The number of amides is 2. The first-order chi connectivity index (χ1) is 19.9. The van der Waals surface area contributed by atoms with Crippen molar-refractivity contribution in [3.8, 4) is 5.75 Å². The van der Waals surface area contributed by atoms with E-state index in [-0.39, 0.29) is 24.9 Å². The number of carboxylic acids is 2. The highest BCUT2D eigenvalue weighted by Crippen LogP contribution is 2.27. The summed E-state index contributed by atoms with van der Waals surface area (Å²) in [5.41, 5.74) is 7.03. The lowest BCUT2D eigenvalue weighted by Crippen LogP contribution is -2.53.